The Morgan fingerprint density at radius 2 is 2.04 bits per heavy atom. The van der Waals surface area contributed by atoms with E-state index in [0.717, 1.165) is 11.4 Å². The van der Waals surface area contributed by atoms with Crippen molar-refractivity contribution in [2.75, 3.05) is 5.32 Å². The molecule has 0 aliphatic rings. The van der Waals surface area contributed by atoms with E-state index in [4.69, 9.17) is 0 Å². The molecule has 0 radical (unpaired) electrons. The zero-order valence-corrected chi connectivity index (χ0v) is 13.4. The normalized spacial score (nSPS) is 10.7. The van der Waals surface area contributed by atoms with Crippen LogP contribution in [-0.4, -0.2) is 25.9 Å². The summed E-state index contributed by atoms with van der Waals surface area (Å²) in [4.78, 5) is 12.3. The molecule has 0 aliphatic carbocycles. The Labute approximate surface area is 136 Å². The lowest BCUT2D eigenvalue weighted by atomic mass is 10.2. The predicted molar refractivity (Wildman–Crippen MR) is 85.5 cm³/mol. The van der Waals surface area contributed by atoms with E-state index >= 15 is 0 Å². The predicted octanol–water partition coefficient (Wildman–Crippen LogP) is 2.99. The molecule has 1 amide bonds. The minimum atomic E-state index is -0.320. The molecule has 0 spiro atoms. The number of carbonyl (C=O) groups excluding carboxylic acids is 1. The van der Waals surface area contributed by atoms with E-state index in [9.17, 15) is 9.18 Å². The number of hydrogen-bond donors (Lipinski definition) is 1. The average Bonchev–Trinajstić information content (AvgIpc) is 3.14. The van der Waals surface area contributed by atoms with E-state index in [2.05, 4.69) is 20.6 Å². The molecule has 3 rings (SSSR count). The van der Waals surface area contributed by atoms with Crippen molar-refractivity contribution in [3.8, 4) is 5.69 Å². The molecule has 0 unspecified atom stereocenters. The van der Waals surface area contributed by atoms with E-state index in [1.54, 1.807) is 23.7 Å². The van der Waals surface area contributed by atoms with Gasteiger partial charge in [0, 0.05) is 0 Å². The highest BCUT2D eigenvalue weighted by Crippen LogP contribution is 2.19. The first-order valence-corrected chi connectivity index (χ1v) is 7.84. The zero-order valence-electron chi connectivity index (χ0n) is 12.6. The molecular weight excluding hydrogens is 317 g/mol. The third-order valence-electron chi connectivity index (χ3n) is 3.32. The van der Waals surface area contributed by atoms with Crippen LogP contribution in [0.4, 0.5) is 9.52 Å². The molecule has 0 atom stereocenters. The Kier molecular flexibility index (Phi) is 4.16. The smallest absolute Gasteiger partial charge is 0.260 e. The monoisotopic (exact) mass is 331 g/mol. The van der Waals surface area contributed by atoms with Crippen LogP contribution in [0.25, 0.3) is 5.69 Å². The number of amides is 1. The van der Waals surface area contributed by atoms with Crippen molar-refractivity contribution < 1.29 is 9.18 Å². The van der Waals surface area contributed by atoms with Crippen LogP contribution in [-0.2, 0) is 6.42 Å². The van der Waals surface area contributed by atoms with Gasteiger partial charge in [0.15, 0.2) is 0 Å². The zero-order chi connectivity index (χ0) is 16.4. The van der Waals surface area contributed by atoms with Gasteiger partial charge in [-0.25, -0.2) is 9.07 Å². The fourth-order valence-corrected chi connectivity index (χ4v) is 2.76. The van der Waals surface area contributed by atoms with Crippen LogP contribution < -0.4 is 5.32 Å². The Balaban J connectivity index is 1.83. The fraction of sp³-hybridized carbons (Fsp3) is 0.200. The van der Waals surface area contributed by atoms with Crippen LogP contribution in [0.15, 0.2) is 30.5 Å². The van der Waals surface area contributed by atoms with Gasteiger partial charge in [-0.2, -0.15) is 5.10 Å². The summed E-state index contributed by atoms with van der Waals surface area (Å²) in [6.45, 7) is 3.76. The van der Waals surface area contributed by atoms with Gasteiger partial charge >= 0.3 is 0 Å². The number of nitrogens with one attached hydrogen (secondary N) is 1. The van der Waals surface area contributed by atoms with Crippen LogP contribution >= 0.6 is 11.3 Å². The van der Waals surface area contributed by atoms with Crippen LogP contribution in [0, 0.1) is 12.7 Å². The van der Waals surface area contributed by atoms with Crippen LogP contribution in [0.1, 0.15) is 28.0 Å². The van der Waals surface area contributed by atoms with E-state index in [1.807, 2.05) is 6.92 Å². The Hall–Kier alpha value is -2.61. The van der Waals surface area contributed by atoms with Crippen LogP contribution in [0.2, 0.25) is 0 Å². The van der Waals surface area contributed by atoms with E-state index < -0.39 is 0 Å². The number of benzene rings is 1. The summed E-state index contributed by atoms with van der Waals surface area (Å²) in [7, 11) is 0. The Bertz CT molecular complexity index is 840. The summed E-state index contributed by atoms with van der Waals surface area (Å²) in [5, 5.41) is 16.1. The molecule has 0 saturated heterocycles. The summed E-state index contributed by atoms with van der Waals surface area (Å²) in [5.74, 6) is -0.616. The highest BCUT2D eigenvalue weighted by molar-refractivity contribution is 7.15. The minimum Gasteiger partial charge on any atom is -0.296 e. The number of hydrogen-bond acceptors (Lipinski definition) is 5. The van der Waals surface area contributed by atoms with Gasteiger partial charge in [-0.3, -0.25) is 10.1 Å². The highest BCUT2D eigenvalue weighted by atomic mass is 32.1. The molecule has 8 heteroatoms. The molecule has 1 aromatic carbocycles. The molecule has 6 nitrogen and oxygen atoms in total. The lowest BCUT2D eigenvalue weighted by molar-refractivity contribution is 0.102. The van der Waals surface area contributed by atoms with Crippen molar-refractivity contribution in [2.24, 2.45) is 0 Å². The Morgan fingerprint density at radius 1 is 1.30 bits per heavy atom. The van der Waals surface area contributed by atoms with E-state index in [-0.39, 0.29) is 11.7 Å². The van der Waals surface area contributed by atoms with Crippen molar-refractivity contribution >= 4 is 22.4 Å². The standard InChI is InChI=1S/C15H14FN5OS/c1-3-13-19-20-15(23-13)18-14(22)12-8-17-21(9(12)2)11-6-4-10(16)5-7-11/h4-8H,3H2,1-2H3,(H,18,20,22). The van der Waals surface area contributed by atoms with Gasteiger partial charge in [0.05, 0.1) is 23.1 Å². The van der Waals surface area contributed by atoms with Crippen molar-refractivity contribution in [1.82, 2.24) is 20.0 Å². The summed E-state index contributed by atoms with van der Waals surface area (Å²) >= 11 is 1.34. The number of halogens is 1. The lowest BCUT2D eigenvalue weighted by Gasteiger charge is -2.05. The van der Waals surface area contributed by atoms with Crippen molar-refractivity contribution in [3.05, 3.63) is 52.5 Å². The molecule has 2 aromatic heterocycles. The molecule has 0 saturated carbocycles. The summed E-state index contributed by atoms with van der Waals surface area (Å²) < 4.78 is 14.6. The first-order chi connectivity index (χ1) is 11.1. The maximum atomic E-state index is 13.0. The van der Waals surface area contributed by atoms with Gasteiger partial charge in [-0.15, -0.1) is 10.2 Å². The fourth-order valence-electron chi connectivity index (χ4n) is 2.09. The third kappa shape index (κ3) is 3.11. The number of anilines is 1. The quantitative estimate of drug-likeness (QED) is 0.798. The summed E-state index contributed by atoms with van der Waals surface area (Å²) in [6.07, 6.45) is 2.25. The molecule has 0 fully saturated rings. The summed E-state index contributed by atoms with van der Waals surface area (Å²) in [6, 6.07) is 5.91. The van der Waals surface area contributed by atoms with Gasteiger partial charge in [-0.05, 0) is 37.6 Å². The van der Waals surface area contributed by atoms with Crippen molar-refractivity contribution in [1.29, 1.82) is 0 Å². The average molecular weight is 331 g/mol. The number of aryl methyl sites for hydroxylation is 1. The maximum absolute atomic E-state index is 13.0. The molecule has 118 valence electrons. The second-order valence-corrected chi connectivity index (χ2v) is 5.90. The highest BCUT2D eigenvalue weighted by Gasteiger charge is 2.17. The molecule has 2 heterocycles. The van der Waals surface area contributed by atoms with Gasteiger partial charge < -0.3 is 0 Å². The maximum Gasteiger partial charge on any atom is 0.260 e. The molecule has 0 bridgehead atoms. The number of aromatic nitrogens is 4. The SMILES string of the molecule is CCc1nnc(NC(=O)c2cnn(-c3ccc(F)cc3)c2C)s1. The van der Waals surface area contributed by atoms with Gasteiger partial charge in [-0.1, -0.05) is 18.3 Å². The third-order valence-corrected chi connectivity index (χ3v) is 4.30. The van der Waals surface area contributed by atoms with E-state index in [0.29, 0.717) is 22.1 Å². The molecule has 3 aromatic rings. The molecule has 0 aliphatic heterocycles. The Morgan fingerprint density at radius 3 is 2.70 bits per heavy atom. The molecular formula is C15H14FN5OS. The lowest BCUT2D eigenvalue weighted by Crippen LogP contribution is -2.13. The van der Waals surface area contributed by atoms with Gasteiger partial charge in [0.1, 0.15) is 10.8 Å². The molecule has 1 N–H and O–H groups in total. The number of rotatable bonds is 4. The second-order valence-electron chi connectivity index (χ2n) is 4.84. The first kappa shape index (κ1) is 15.3. The van der Waals surface area contributed by atoms with E-state index in [1.165, 1.54) is 29.7 Å². The molecule has 23 heavy (non-hydrogen) atoms. The van der Waals surface area contributed by atoms with Crippen molar-refractivity contribution in [3.63, 3.8) is 0 Å². The minimum absolute atomic E-state index is 0.297. The summed E-state index contributed by atoms with van der Waals surface area (Å²) in [5.41, 5.74) is 1.78. The largest absolute Gasteiger partial charge is 0.296 e. The van der Waals surface area contributed by atoms with Crippen molar-refractivity contribution in [2.45, 2.75) is 20.3 Å². The second kappa shape index (κ2) is 6.25. The van der Waals surface area contributed by atoms with Crippen LogP contribution in [0.5, 0.6) is 0 Å². The number of nitrogens with zero attached hydrogens (tertiary/aromatic N) is 4. The van der Waals surface area contributed by atoms with Crippen LogP contribution in [0.3, 0.4) is 0 Å². The number of carbonyl (C=O) groups is 1. The van der Waals surface area contributed by atoms with Gasteiger partial charge in [0.25, 0.3) is 5.91 Å². The van der Waals surface area contributed by atoms with Gasteiger partial charge in [0.2, 0.25) is 5.13 Å². The first-order valence-electron chi connectivity index (χ1n) is 7.02. The topological polar surface area (TPSA) is 72.7 Å².